The number of aryl methyl sites for hydroxylation is 2. The zero-order chi connectivity index (χ0) is 27.2. The summed E-state index contributed by atoms with van der Waals surface area (Å²) in [5.74, 6) is -4.70. The van der Waals surface area contributed by atoms with Gasteiger partial charge in [0.2, 0.25) is 5.78 Å². The highest BCUT2D eigenvalue weighted by molar-refractivity contribution is 7.92. The Morgan fingerprint density at radius 1 is 1.03 bits per heavy atom. The fourth-order valence-corrected chi connectivity index (χ4v) is 5.06. The summed E-state index contributed by atoms with van der Waals surface area (Å²) in [7, 11) is -2.88. The van der Waals surface area contributed by atoms with Crippen LogP contribution in [0.5, 0.6) is 0 Å². The van der Waals surface area contributed by atoms with Crippen LogP contribution in [0.25, 0.3) is 11.0 Å². The predicted molar refractivity (Wildman–Crippen MR) is 132 cm³/mol. The molecule has 3 N–H and O–H groups in total. The SMILES string of the molecule is Cc1nn(C)cc1Nc1ncnc2[nH]cc(C(=O)c3c(F)ccc(NS(=O)(=O)c4ccccc4F)c3F)c12. The van der Waals surface area contributed by atoms with Gasteiger partial charge in [0.25, 0.3) is 10.0 Å². The summed E-state index contributed by atoms with van der Waals surface area (Å²) in [6.45, 7) is 1.75. The van der Waals surface area contributed by atoms with Crippen LogP contribution < -0.4 is 10.0 Å². The largest absolute Gasteiger partial charge is 0.345 e. The van der Waals surface area contributed by atoms with E-state index in [9.17, 15) is 22.0 Å². The number of aromatic nitrogens is 5. The van der Waals surface area contributed by atoms with Crippen molar-refractivity contribution >= 4 is 44.0 Å². The number of sulfonamides is 1. The second-order valence-corrected chi connectivity index (χ2v) is 9.87. The van der Waals surface area contributed by atoms with Crippen molar-refractivity contribution in [1.82, 2.24) is 24.7 Å². The van der Waals surface area contributed by atoms with Crippen LogP contribution in [0.15, 0.2) is 60.0 Å². The van der Waals surface area contributed by atoms with Gasteiger partial charge in [0.1, 0.15) is 34.3 Å². The monoisotopic (exact) mass is 541 g/mol. The third-order valence-corrected chi connectivity index (χ3v) is 7.07. The molecule has 194 valence electrons. The van der Waals surface area contributed by atoms with Crippen LogP contribution in [0.2, 0.25) is 0 Å². The molecule has 0 saturated heterocycles. The Morgan fingerprint density at radius 2 is 1.79 bits per heavy atom. The zero-order valence-electron chi connectivity index (χ0n) is 19.8. The Kier molecular flexibility index (Phi) is 6.11. The molecule has 0 amide bonds. The third kappa shape index (κ3) is 4.34. The van der Waals surface area contributed by atoms with Crippen molar-refractivity contribution in [1.29, 1.82) is 0 Å². The highest BCUT2D eigenvalue weighted by atomic mass is 32.2. The lowest BCUT2D eigenvalue weighted by Gasteiger charge is -2.12. The summed E-state index contributed by atoms with van der Waals surface area (Å²) in [4.78, 5) is 23.7. The lowest BCUT2D eigenvalue weighted by molar-refractivity contribution is 0.103. The maximum Gasteiger partial charge on any atom is 0.264 e. The van der Waals surface area contributed by atoms with Gasteiger partial charge in [0.15, 0.2) is 5.82 Å². The molecular weight excluding hydrogens is 523 g/mol. The summed E-state index contributed by atoms with van der Waals surface area (Å²) in [5, 5.41) is 7.42. The average Bonchev–Trinajstić information content (AvgIpc) is 3.44. The van der Waals surface area contributed by atoms with Crippen molar-refractivity contribution in [2.45, 2.75) is 11.8 Å². The highest BCUT2D eigenvalue weighted by Gasteiger charge is 2.28. The van der Waals surface area contributed by atoms with Gasteiger partial charge in [-0.1, -0.05) is 12.1 Å². The number of anilines is 3. The summed E-state index contributed by atoms with van der Waals surface area (Å²) in [5.41, 5.74) is -0.504. The summed E-state index contributed by atoms with van der Waals surface area (Å²) in [6, 6.07) is 6.01. The molecule has 0 aliphatic heterocycles. The first-order chi connectivity index (χ1) is 18.1. The van der Waals surface area contributed by atoms with E-state index in [1.54, 1.807) is 24.9 Å². The van der Waals surface area contributed by atoms with Gasteiger partial charge in [-0.3, -0.25) is 14.2 Å². The predicted octanol–water partition coefficient (Wildman–Crippen LogP) is 4.19. The third-order valence-electron chi connectivity index (χ3n) is 5.67. The zero-order valence-corrected chi connectivity index (χ0v) is 20.6. The fraction of sp³-hybridized carbons (Fsp3) is 0.0833. The van der Waals surface area contributed by atoms with Crippen molar-refractivity contribution in [3.63, 3.8) is 0 Å². The minimum Gasteiger partial charge on any atom is -0.345 e. The molecule has 0 atom stereocenters. The van der Waals surface area contributed by atoms with Gasteiger partial charge in [-0.15, -0.1) is 0 Å². The first kappa shape index (κ1) is 25.0. The molecule has 0 aliphatic carbocycles. The molecule has 0 saturated carbocycles. The van der Waals surface area contributed by atoms with Gasteiger partial charge < -0.3 is 10.3 Å². The second-order valence-electron chi connectivity index (χ2n) is 8.22. The van der Waals surface area contributed by atoms with Crippen molar-refractivity contribution < 1.29 is 26.4 Å². The first-order valence-electron chi connectivity index (χ1n) is 11.0. The number of benzene rings is 2. The number of carbonyl (C=O) groups is 1. The molecule has 3 heterocycles. The lowest BCUT2D eigenvalue weighted by Crippen LogP contribution is -2.17. The number of ketones is 1. The fourth-order valence-electron chi connectivity index (χ4n) is 3.92. The number of carbonyl (C=O) groups excluding carboxylic acids is 1. The van der Waals surface area contributed by atoms with Gasteiger partial charge in [0.05, 0.1) is 33.6 Å². The summed E-state index contributed by atoms with van der Waals surface area (Å²) < 4.78 is 73.1. The number of nitrogens with zero attached hydrogens (tertiary/aromatic N) is 4. The van der Waals surface area contributed by atoms with Crippen molar-refractivity contribution in [3.8, 4) is 0 Å². The second kappa shape index (κ2) is 9.30. The number of nitrogens with one attached hydrogen (secondary N) is 3. The van der Waals surface area contributed by atoms with Crippen molar-refractivity contribution in [2.24, 2.45) is 7.05 Å². The van der Waals surface area contributed by atoms with E-state index in [-0.39, 0.29) is 22.4 Å². The maximum atomic E-state index is 15.5. The van der Waals surface area contributed by atoms with E-state index in [4.69, 9.17) is 0 Å². The van der Waals surface area contributed by atoms with E-state index in [2.05, 4.69) is 25.4 Å². The number of rotatable bonds is 7. The van der Waals surface area contributed by atoms with Crippen LogP contribution in [0, 0.1) is 24.4 Å². The normalized spacial score (nSPS) is 11.6. The Labute approximate surface area is 213 Å². The van der Waals surface area contributed by atoms with Gasteiger partial charge in [-0.2, -0.15) is 5.10 Å². The molecule has 5 aromatic rings. The number of hydrogen-bond donors (Lipinski definition) is 3. The summed E-state index contributed by atoms with van der Waals surface area (Å²) in [6.07, 6.45) is 4.14. The molecule has 0 aliphatic rings. The van der Waals surface area contributed by atoms with E-state index in [1.165, 1.54) is 24.7 Å². The van der Waals surface area contributed by atoms with E-state index >= 15 is 4.39 Å². The number of aromatic amines is 1. The van der Waals surface area contributed by atoms with Crippen LogP contribution >= 0.6 is 0 Å². The molecule has 0 radical (unpaired) electrons. The van der Waals surface area contributed by atoms with Crippen molar-refractivity contribution in [2.75, 3.05) is 10.0 Å². The Hall–Kier alpha value is -4.72. The van der Waals surface area contributed by atoms with Gasteiger partial charge >= 0.3 is 0 Å². The van der Waals surface area contributed by atoms with E-state index in [1.807, 2.05) is 4.72 Å². The molecular formula is C24H18F3N7O3S. The Balaban J connectivity index is 1.57. The van der Waals surface area contributed by atoms with Crippen LogP contribution in [0.4, 0.5) is 30.4 Å². The van der Waals surface area contributed by atoms with Crippen LogP contribution in [-0.4, -0.2) is 38.9 Å². The van der Waals surface area contributed by atoms with Crippen LogP contribution in [0.1, 0.15) is 21.6 Å². The standard InChI is InChI=1S/C24H18F3N7O3S/c1-12-17(10-34(2)32-12)31-24-19-13(9-28-23(19)29-11-30-24)22(35)20-15(26)7-8-16(21(20)27)33-38(36,37)18-6-4-3-5-14(18)25/h3-11,33H,1-2H3,(H2,28,29,30,31). The van der Waals surface area contributed by atoms with Gasteiger partial charge in [0, 0.05) is 19.4 Å². The lowest BCUT2D eigenvalue weighted by atomic mass is 10.0. The average molecular weight is 542 g/mol. The van der Waals surface area contributed by atoms with Gasteiger partial charge in [-0.05, 0) is 31.2 Å². The van der Waals surface area contributed by atoms with E-state index < -0.39 is 49.4 Å². The number of H-pyrrole nitrogens is 1. The first-order valence-corrected chi connectivity index (χ1v) is 12.4. The number of halogens is 3. The van der Waals surface area contributed by atoms with Gasteiger partial charge in [-0.25, -0.2) is 31.6 Å². The smallest absolute Gasteiger partial charge is 0.264 e. The topological polar surface area (TPSA) is 135 Å². The quantitative estimate of drug-likeness (QED) is 0.263. The molecule has 10 nitrogen and oxygen atoms in total. The molecule has 38 heavy (non-hydrogen) atoms. The molecule has 0 bridgehead atoms. The number of fused-ring (bicyclic) bond motifs is 1. The van der Waals surface area contributed by atoms with E-state index in [0.29, 0.717) is 11.4 Å². The number of hydrogen-bond acceptors (Lipinski definition) is 7. The van der Waals surface area contributed by atoms with Crippen molar-refractivity contribution in [3.05, 3.63) is 89.4 Å². The molecule has 0 unspecified atom stereocenters. The minimum atomic E-state index is -4.60. The minimum absolute atomic E-state index is 0.150. The summed E-state index contributed by atoms with van der Waals surface area (Å²) >= 11 is 0. The Bertz CT molecular complexity index is 1830. The Morgan fingerprint density at radius 3 is 2.50 bits per heavy atom. The van der Waals surface area contributed by atoms with Crippen LogP contribution in [-0.2, 0) is 17.1 Å². The highest BCUT2D eigenvalue weighted by Crippen LogP contribution is 2.32. The van der Waals surface area contributed by atoms with Crippen LogP contribution in [0.3, 0.4) is 0 Å². The molecule has 3 aromatic heterocycles. The molecule has 2 aromatic carbocycles. The molecule has 0 spiro atoms. The molecule has 0 fully saturated rings. The molecule has 5 rings (SSSR count). The molecule has 14 heteroatoms. The van der Waals surface area contributed by atoms with E-state index in [0.717, 1.165) is 24.3 Å². The maximum absolute atomic E-state index is 15.5.